The van der Waals surface area contributed by atoms with Gasteiger partial charge in [-0.15, -0.1) is 5.10 Å². The second-order valence-electron chi connectivity index (χ2n) is 6.69. The lowest BCUT2D eigenvalue weighted by atomic mass is 10.2. The predicted octanol–water partition coefficient (Wildman–Crippen LogP) is 7.11. The van der Waals surface area contributed by atoms with Gasteiger partial charge in [-0.3, -0.25) is 4.79 Å². The lowest BCUT2D eigenvalue weighted by Gasteiger charge is -2.09. The van der Waals surface area contributed by atoms with Crippen LogP contribution in [0.3, 0.4) is 0 Å². The Labute approximate surface area is 198 Å². The molecule has 1 N–H and O–H groups in total. The number of nitrogens with zero attached hydrogens (tertiary/aromatic N) is 3. The van der Waals surface area contributed by atoms with Crippen LogP contribution in [0.5, 0.6) is 0 Å². The second kappa shape index (κ2) is 8.89. The molecule has 156 valence electrons. The summed E-state index contributed by atoms with van der Waals surface area (Å²) in [5.41, 5.74) is 2.75. The summed E-state index contributed by atoms with van der Waals surface area (Å²) in [5.74, 6) is -0.0809. The molecule has 1 heterocycles. The number of aromatic nitrogens is 3. The first kappa shape index (κ1) is 21.7. The van der Waals surface area contributed by atoms with Crippen molar-refractivity contribution in [2.45, 2.75) is 6.92 Å². The maximum atomic E-state index is 12.9. The van der Waals surface area contributed by atoms with E-state index in [1.165, 1.54) is 0 Å². The van der Waals surface area contributed by atoms with Crippen LogP contribution in [-0.2, 0) is 0 Å². The molecule has 0 aliphatic heterocycles. The van der Waals surface area contributed by atoms with E-state index in [2.05, 4.69) is 15.4 Å². The maximum absolute atomic E-state index is 12.9. The third-order valence-corrected chi connectivity index (χ3v) is 5.53. The van der Waals surface area contributed by atoms with E-state index < -0.39 is 5.91 Å². The summed E-state index contributed by atoms with van der Waals surface area (Å²) >= 11 is 24.3. The number of hydrogen-bond donors (Lipinski definition) is 1. The summed E-state index contributed by atoms with van der Waals surface area (Å²) in [6, 6.07) is 17.3. The second-order valence-corrected chi connectivity index (χ2v) is 8.40. The average molecular weight is 492 g/mol. The van der Waals surface area contributed by atoms with Gasteiger partial charge in [0.15, 0.2) is 5.82 Å². The number of carbonyl (C=O) groups excluding carboxylic acids is 1. The Morgan fingerprint density at radius 3 is 2.23 bits per heavy atom. The monoisotopic (exact) mass is 490 g/mol. The fraction of sp³-hybridized carbons (Fsp3) is 0.0455. The molecule has 0 saturated carbocycles. The molecular formula is C22H14Cl4N4O. The zero-order valence-electron chi connectivity index (χ0n) is 16.0. The molecule has 1 amide bonds. The summed E-state index contributed by atoms with van der Waals surface area (Å²) in [7, 11) is 0. The van der Waals surface area contributed by atoms with E-state index in [4.69, 9.17) is 46.4 Å². The van der Waals surface area contributed by atoms with E-state index >= 15 is 0 Å². The first-order chi connectivity index (χ1) is 14.8. The number of carbonyl (C=O) groups is 1. The highest BCUT2D eigenvalue weighted by Gasteiger charge is 2.21. The Bertz CT molecular complexity index is 1290. The van der Waals surface area contributed by atoms with Gasteiger partial charge in [0.05, 0.1) is 16.4 Å². The number of amides is 1. The minimum Gasteiger partial charge on any atom is -0.318 e. The van der Waals surface area contributed by atoms with Gasteiger partial charge in [0.1, 0.15) is 0 Å². The van der Waals surface area contributed by atoms with Crippen LogP contribution in [0.25, 0.3) is 17.1 Å². The van der Waals surface area contributed by atoms with Crippen LogP contribution in [-0.4, -0.2) is 20.7 Å². The molecule has 0 saturated heterocycles. The van der Waals surface area contributed by atoms with Crippen molar-refractivity contribution >= 4 is 58.0 Å². The predicted molar refractivity (Wildman–Crippen MR) is 126 cm³/mol. The third kappa shape index (κ3) is 4.70. The molecule has 5 nitrogen and oxygen atoms in total. The molecule has 4 aromatic rings. The summed E-state index contributed by atoms with van der Waals surface area (Å²) in [6.45, 7) is 1.92. The third-order valence-electron chi connectivity index (χ3n) is 4.49. The van der Waals surface area contributed by atoms with Crippen LogP contribution in [0.1, 0.15) is 16.2 Å². The molecule has 9 heteroatoms. The van der Waals surface area contributed by atoms with Gasteiger partial charge >= 0.3 is 0 Å². The number of hydrogen-bond acceptors (Lipinski definition) is 3. The number of benzene rings is 3. The lowest BCUT2D eigenvalue weighted by molar-refractivity contribution is 0.101. The van der Waals surface area contributed by atoms with Crippen molar-refractivity contribution in [1.82, 2.24) is 14.8 Å². The normalized spacial score (nSPS) is 10.9. The van der Waals surface area contributed by atoms with Gasteiger partial charge < -0.3 is 5.32 Å². The van der Waals surface area contributed by atoms with Crippen LogP contribution in [0.15, 0.2) is 60.7 Å². The Morgan fingerprint density at radius 2 is 1.52 bits per heavy atom. The van der Waals surface area contributed by atoms with Gasteiger partial charge in [-0.1, -0.05) is 52.5 Å². The first-order valence-electron chi connectivity index (χ1n) is 9.08. The highest BCUT2D eigenvalue weighted by atomic mass is 35.5. The van der Waals surface area contributed by atoms with Crippen LogP contribution < -0.4 is 5.32 Å². The SMILES string of the molecule is Cc1ccc(Cl)cc1-n1nc(C(=O)Nc2ccc(Cl)cc2Cl)nc1-c1ccc(Cl)cc1. The Hall–Kier alpha value is -2.57. The smallest absolute Gasteiger partial charge is 0.295 e. The van der Waals surface area contributed by atoms with Gasteiger partial charge in [-0.25, -0.2) is 9.67 Å². The molecule has 0 atom stereocenters. The Kier molecular flexibility index (Phi) is 6.21. The van der Waals surface area contributed by atoms with Crippen molar-refractivity contribution in [2.24, 2.45) is 0 Å². The highest BCUT2D eigenvalue weighted by molar-refractivity contribution is 6.36. The molecule has 0 radical (unpaired) electrons. The molecule has 31 heavy (non-hydrogen) atoms. The van der Waals surface area contributed by atoms with Gasteiger partial charge in [-0.2, -0.15) is 0 Å². The molecule has 4 rings (SSSR count). The number of anilines is 1. The van der Waals surface area contributed by atoms with E-state index in [9.17, 15) is 4.79 Å². The molecule has 0 bridgehead atoms. The number of rotatable bonds is 4. The molecule has 0 unspecified atom stereocenters. The van der Waals surface area contributed by atoms with Crippen molar-refractivity contribution in [3.05, 3.63) is 92.1 Å². The first-order valence-corrected chi connectivity index (χ1v) is 10.6. The molecule has 0 aliphatic carbocycles. The Balaban J connectivity index is 1.80. The molecule has 0 aliphatic rings. The fourth-order valence-corrected chi connectivity index (χ4v) is 3.69. The largest absolute Gasteiger partial charge is 0.318 e. The maximum Gasteiger partial charge on any atom is 0.295 e. The van der Waals surface area contributed by atoms with E-state index in [1.807, 2.05) is 13.0 Å². The summed E-state index contributed by atoms with van der Waals surface area (Å²) in [6.07, 6.45) is 0. The standard InChI is InChI=1S/C22H14Cl4N4O/c1-12-2-5-16(25)11-19(12)30-21(13-3-6-14(23)7-4-13)28-20(29-30)22(31)27-18-9-8-15(24)10-17(18)26/h2-11H,1H3,(H,27,31). The molecule has 0 spiro atoms. The van der Waals surface area contributed by atoms with Crippen molar-refractivity contribution in [2.75, 3.05) is 5.32 Å². The Morgan fingerprint density at radius 1 is 0.871 bits per heavy atom. The topological polar surface area (TPSA) is 59.8 Å². The van der Waals surface area contributed by atoms with Crippen LogP contribution in [0, 0.1) is 6.92 Å². The highest BCUT2D eigenvalue weighted by Crippen LogP contribution is 2.28. The average Bonchev–Trinajstić information content (AvgIpc) is 3.18. The quantitative estimate of drug-likeness (QED) is 0.331. The number of nitrogens with one attached hydrogen (secondary N) is 1. The zero-order chi connectivity index (χ0) is 22.1. The summed E-state index contributed by atoms with van der Waals surface area (Å²) in [5, 5.41) is 9.07. The molecular weight excluding hydrogens is 478 g/mol. The van der Waals surface area contributed by atoms with Crippen molar-refractivity contribution in [1.29, 1.82) is 0 Å². The fourth-order valence-electron chi connectivity index (χ4n) is 2.94. The molecule has 0 fully saturated rings. The van der Waals surface area contributed by atoms with E-state index in [1.54, 1.807) is 59.3 Å². The van der Waals surface area contributed by atoms with Crippen molar-refractivity contribution < 1.29 is 4.79 Å². The van der Waals surface area contributed by atoms with E-state index in [-0.39, 0.29) is 5.82 Å². The lowest BCUT2D eigenvalue weighted by Crippen LogP contribution is -2.14. The van der Waals surface area contributed by atoms with E-state index in [0.717, 1.165) is 11.1 Å². The number of halogens is 4. The molecule has 3 aromatic carbocycles. The van der Waals surface area contributed by atoms with Gasteiger partial charge in [-0.05, 0) is 67.1 Å². The minimum atomic E-state index is -0.516. The molecule has 1 aromatic heterocycles. The van der Waals surface area contributed by atoms with E-state index in [0.29, 0.717) is 37.3 Å². The summed E-state index contributed by atoms with van der Waals surface area (Å²) < 4.78 is 1.59. The van der Waals surface area contributed by atoms with Crippen LogP contribution in [0.2, 0.25) is 20.1 Å². The number of aryl methyl sites for hydroxylation is 1. The zero-order valence-corrected chi connectivity index (χ0v) is 19.1. The van der Waals surface area contributed by atoms with Crippen molar-refractivity contribution in [3.63, 3.8) is 0 Å². The van der Waals surface area contributed by atoms with Gasteiger partial charge in [0.2, 0.25) is 5.82 Å². The summed E-state index contributed by atoms with van der Waals surface area (Å²) in [4.78, 5) is 17.4. The van der Waals surface area contributed by atoms with Crippen molar-refractivity contribution in [3.8, 4) is 17.1 Å². The minimum absolute atomic E-state index is 0.0321. The van der Waals surface area contributed by atoms with Crippen LogP contribution in [0.4, 0.5) is 5.69 Å². The van der Waals surface area contributed by atoms with Gasteiger partial charge in [0, 0.05) is 20.6 Å². The van der Waals surface area contributed by atoms with Gasteiger partial charge in [0.25, 0.3) is 5.91 Å². The van der Waals surface area contributed by atoms with Crippen LogP contribution >= 0.6 is 46.4 Å².